The molecule has 0 aliphatic rings. The third kappa shape index (κ3) is 3.25. The zero-order chi connectivity index (χ0) is 11.3. The Bertz CT molecular complexity index is 313. The lowest BCUT2D eigenvalue weighted by molar-refractivity contribution is 0.222. The summed E-state index contributed by atoms with van der Waals surface area (Å²) < 4.78 is 26.0. The van der Waals surface area contributed by atoms with Gasteiger partial charge in [-0.05, 0) is 36.9 Å². The van der Waals surface area contributed by atoms with Crippen molar-refractivity contribution in [2.45, 2.75) is 12.8 Å². The van der Waals surface area contributed by atoms with Crippen LogP contribution < -0.4 is 5.73 Å². The second-order valence-electron chi connectivity index (χ2n) is 3.54. The first-order valence-electron chi connectivity index (χ1n) is 4.92. The molecule has 0 heterocycles. The van der Waals surface area contributed by atoms with Crippen molar-refractivity contribution in [3.63, 3.8) is 0 Å². The summed E-state index contributed by atoms with van der Waals surface area (Å²) in [6.07, 6.45) is 0.958. The number of aliphatic hydroxyl groups is 1. The van der Waals surface area contributed by atoms with E-state index < -0.39 is 11.6 Å². The third-order valence-electron chi connectivity index (χ3n) is 2.45. The normalized spacial score (nSPS) is 12.8. The van der Waals surface area contributed by atoms with Gasteiger partial charge in [0.1, 0.15) is 0 Å². The van der Waals surface area contributed by atoms with E-state index in [1.165, 1.54) is 6.07 Å². The highest BCUT2D eigenvalue weighted by Gasteiger charge is 2.10. The molecule has 0 fully saturated rings. The molecule has 0 spiro atoms. The molecule has 0 aromatic heterocycles. The van der Waals surface area contributed by atoms with Crippen molar-refractivity contribution in [1.29, 1.82) is 0 Å². The molecule has 1 aromatic carbocycles. The molecule has 84 valence electrons. The largest absolute Gasteiger partial charge is 0.396 e. The highest BCUT2D eigenvalue weighted by molar-refractivity contribution is 5.19. The van der Waals surface area contributed by atoms with Crippen LogP contribution >= 0.6 is 0 Å². The number of aliphatic hydroxyl groups excluding tert-OH is 1. The Morgan fingerprint density at radius 3 is 2.67 bits per heavy atom. The quantitative estimate of drug-likeness (QED) is 0.781. The van der Waals surface area contributed by atoms with Crippen LogP contribution in [-0.2, 0) is 6.42 Å². The minimum absolute atomic E-state index is 0.0204. The van der Waals surface area contributed by atoms with E-state index in [1.54, 1.807) is 6.07 Å². The summed E-state index contributed by atoms with van der Waals surface area (Å²) >= 11 is 0. The molecule has 0 bridgehead atoms. The predicted octanol–water partition coefficient (Wildman–Crippen LogP) is 1.46. The van der Waals surface area contributed by atoms with Crippen LogP contribution in [0, 0.1) is 17.6 Å². The zero-order valence-corrected chi connectivity index (χ0v) is 8.42. The maximum Gasteiger partial charge on any atom is 0.162 e. The van der Waals surface area contributed by atoms with Gasteiger partial charge in [0.2, 0.25) is 0 Å². The van der Waals surface area contributed by atoms with Gasteiger partial charge in [0.15, 0.2) is 11.6 Å². The van der Waals surface area contributed by atoms with E-state index in [0.717, 1.165) is 6.07 Å². The molecule has 4 heteroatoms. The van der Waals surface area contributed by atoms with Crippen LogP contribution in [0.15, 0.2) is 18.2 Å². The number of aryl methyl sites for hydroxylation is 1. The fourth-order valence-electron chi connectivity index (χ4n) is 1.38. The number of nitrogens with two attached hydrogens (primary N) is 1. The average molecular weight is 215 g/mol. The third-order valence-corrected chi connectivity index (χ3v) is 2.45. The molecular formula is C11H15F2NO. The van der Waals surface area contributed by atoms with E-state index in [1.807, 2.05) is 0 Å². The lowest BCUT2D eigenvalue weighted by atomic mass is 10.00. The van der Waals surface area contributed by atoms with Crippen molar-refractivity contribution in [2.75, 3.05) is 13.2 Å². The molecule has 1 atom stereocenters. The van der Waals surface area contributed by atoms with Crippen LogP contribution in [0.4, 0.5) is 8.78 Å². The van der Waals surface area contributed by atoms with Gasteiger partial charge in [0.05, 0.1) is 0 Å². The highest BCUT2D eigenvalue weighted by atomic mass is 19.2. The number of rotatable bonds is 5. The maximum atomic E-state index is 13.2. The number of halogens is 2. The summed E-state index contributed by atoms with van der Waals surface area (Å²) in [7, 11) is 0. The van der Waals surface area contributed by atoms with Crippen molar-refractivity contribution < 1.29 is 13.9 Å². The average Bonchev–Trinajstić information content (AvgIpc) is 2.25. The predicted molar refractivity (Wildman–Crippen MR) is 54.3 cm³/mol. The van der Waals surface area contributed by atoms with Crippen molar-refractivity contribution >= 4 is 0 Å². The fourth-order valence-corrected chi connectivity index (χ4v) is 1.38. The Morgan fingerprint density at radius 1 is 1.33 bits per heavy atom. The lowest BCUT2D eigenvalue weighted by Gasteiger charge is -2.11. The van der Waals surface area contributed by atoms with Gasteiger partial charge in [-0.25, -0.2) is 8.78 Å². The topological polar surface area (TPSA) is 46.2 Å². The minimum Gasteiger partial charge on any atom is -0.396 e. The summed E-state index contributed by atoms with van der Waals surface area (Å²) in [6, 6.07) is 4.11. The smallest absolute Gasteiger partial charge is 0.162 e. The fraction of sp³-hybridized carbons (Fsp3) is 0.455. The molecule has 1 aromatic rings. The number of hydrogen-bond acceptors (Lipinski definition) is 2. The molecular weight excluding hydrogens is 200 g/mol. The monoisotopic (exact) mass is 215 g/mol. The summed E-state index contributed by atoms with van der Waals surface area (Å²) in [5.41, 5.74) is 5.72. The Kier molecular flexibility index (Phi) is 4.65. The van der Waals surface area contributed by atoms with Gasteiger partial charge in [-0.3, -0.25) is 0 Å². The van der Waals surface area contributed by atoms with Crippen LogP contribution in [0.3, 0.4) is 0 Å². The molecule has 1 unspecified atom stereocenters. The second kappa shape index (κ2) is 5.78. The van der Waals surface area contributed by atoms with E-state index in [9.17, 15) is 8.78 Å². The lowest BCUT2D eigenvalue weighted by Crippen LogP contribution is -2.18. The Hall–Kier alpha value is -1.00. The van der Waals surface area contributed by atoms with E-state index in [-0.39, 0.29) is 12.5 Å². The SMILES string of the molecule is NCC(CO)CCc1cccc(F)c1F. The molecule has 0 radical (unpaired) electrons. The minimum atomic E-state index is -0.833. The maximum absolute atomic E-state index is 13.2. The Balaban J connectivity index is 2.61. The molecule has 0 aliphatic heterocycles. The molecule has 1 rings (SSSR count). The standard InChI is InChI=1S/C11H15F2NO/c12-10-3-1-2-9(11(10)13)5-4-8(6-14)7-15/h1-3,8,15H,4-7,14H2. The van der Waals surface area contributed by atoms with Gasteiger partial charge in [0.25, 0.3) is 0 Å². The van der Waals surface area contributed by atoms with Gasteiger partial charge < -0.3 is 10.8 Å². The first-order chi connectivity index (χ1) is 7.19. The Morgan fingerprint density at radius 2 is 2.07 bits per heavy atom. The molecule has 15 heavy (non-hydrogen) atoms. The molecule has 0 saturated carbocycles. The van der Waals surface area contributed by atoms with Crippen LogP contribution in [0.5, 0.6) is 0 Å². The van der Waals surface area contributed by atoms with Crippen molar-refractivity contribution in [1.82, 2.24) is 0 Å². The number of benzene rings is 1. The molecule has 3 N–H and O–H groups in total. The van der Waals surface area contributed by atoms with Gasteiger partial charge in [0, 0.05) is 6.61 Å². The molecule has 0 saturated heterocycles. The summed E-state index contributed by atoms with van der Waals surface area (Å²) in [6.45, 7) is 0.334. The van der Waals surface area contributed by atoms with Crippen LogP contribution in [0.2, 0.25) is 0 Å². The first-order valence-corrected chi connectivity index (χ1v) is 4.92. The second-order valence-corrected chi connectivity index (χ2v) is 3.54. The van der Waals surface area contributed by atoms with E-state index in [2.05, 4.69) is 0 Å². The van der Waals surface area contributed by atoms with Crippen molar-refractivity contribution in [2.24, 2.45) is 11.7 Å². The summed E-state index contributed by atoms with van der Waals surface area (Å²) in [5.74, 6) is -1.68. The van der Waals surface area contributed by atoms with Gasteiger partial charge >= 0.3 is 0 Å². The highest BCUT2D eigenvalue weighted by Crippen LogP contribution is 2.15. The molecule has 0 amide bonds. The van der Waals surface area contributed by atoms with E-state index in [4.69, 9.17) is 10.8 Å². The first kappa shape index (κ1) is 12.1. The van der Waals surface area contributed by atoms with Crippen molar-refractivity contribution in [3.8, 4) is 0 Å². The van der Waals surface area contributed by atoms with Gasteiger partial charge in [-0.15, -0.1) is 0 Å². The summed E-state index contributed by atoms with van der Waals surface area (Å²) in [4.78, 5) is 0. The van der Waals surface area contributed by atoms with Crippen LogP contribution in [0.25, 0.3) is 0 Å². The molecule has 2 nitrogen and oxygen atoms in total. The van der Waals surface area contributed by atoms with Gasteiger partial charge in [-0.1, -0.05) is 12.1 Å². The van der Waals surface area contributed by atoms with E-state index in [0.29, 0.717) is 24.9 Å². The number of hydrogen-bond donors (Lipinski definition) is 2. The van der Waals surface area contributed by atoms with Crippen LogP contribution in [-0.4, -0.2) is 18.3 Å². The van der Waals surface area contributed by atoms with Gasteiger partial charge in [-0.2, -0.15) is 0 Å². The zero-order valence-electron chi connectivity index (χ0n) is 8.42. The summed E-state index contributed by atoms with van der Waals surface area (Å²) in [5, 5.41) is 8.88. The van der Waals surface area contributed by atoms with Crippen molar-refractivity contribution in [3.05, 3.63) is 35.4 Å². The Labute approximate surface area is 87.7 Å². The van der Waals surface area contributed by atoms with Crippen LogP contribution in [0.1, 0.15) is 12.0 Å². The molecule has 0 aliphatic carbocycles. The van der Waals surface area contributed by atoms with E-state index >= 15 is 0 Å².